The zero-order valence-electron chi connectivity index (χ0n) is 9.27. The van der Waals surface area contributed by atoms with E-state index in [9.17, 15) is 5.11 Å². The highest BCUT2D eigenvalue weighted by Gasteiger charge is 2.02. The van der Waals surface area contributed by atoms with Gasteiger partial charge in [-0.1, -0.05) is 52.3 Å². The fourth-order valence-electron chi connectivity index (χ4n) is 1.42. The number of hydrogen-bond donors (Lipinski definition) is 1. The molecule has 1 unspecified atom stereocenters. The lowest BCUT2D eigenvalue weighted by Gasteiger charge is -2.06. The highest BCUT2D eigenvalue weighted by atomic mass is 79.9. The van der Waals surface area contributed by atoms with Crippen molar-refractivity contribution < 1.29 is 5.11 Å². The molecule has 0 aliphatic heterocycles. The van der Waals surface area contributed by atoms with Crippen molar-refractivity contribution in [3.63, 3.8) is 0 Å². The van der Waals surface area contributed by atoms with E-state index in [4.69, 9.17) is 0 Å². The lowest BCUT2D eigenvalue weighted by molar-refractivity contribution is 0.210. The number of aliphatic hydroxyl groups excluding tert-OH is 1. The predicted molar refractivity (Wildman–Crippen MR) is 73.4 cm³/mol. The van der Waals surface area contributed by atoms with Gasteiger partial charge in [0, 0.05) is 4.48 Å². The molecule has 0 radical (unpaired) electrons. The number of hydrogen-bond acceptors (Lipinski definition) is 1. The molecule has 1 rings (SSSR count). The van der Waals surface area contributed by atoms with Crippen molar-refractivity contribution >= 4 is 20.4 Å². The molecule has 0 bridgehead atoms. The number of unbranched alkanes of at least 4 members (excludes halogenated alkanes) is 1. The van der Waals surface area contributed by atoms with E-state index in [1.54, 1.807) is 0 Å². The van der Waals surface area contributed by atoms with Crippen LogP contribution in [-0.2, 0) is 0 Å². The summed E-state index contributed by atoms with van der Waals surface area (Å²) in [5, 5.41) is 9.77. The number of benzene rings is 1. The van der Waals surface area contributed by atoms with Crippen LogP contribution in [0, 0.1) is 0 Å². The number of aliphatic hydroxyl groups is 1. The molecule has 0 aromatic heterocycles. The predicted octanol–water partition coefficient (Wildman–Crippen LogP) is 4.14. The van der Waals surface area contributed by atoms with Crippen LogP contribution in [-0.4, -0.2) is 11.2 Å². The first kappa shape index (κ1) is 13.2. The third-order valence-corrected chi connectivity index (χ3v) is 3.02. The Kier molecular flexibility index (Phi) is 6.12. The lowest BCUT2D eigenvalue weighted by atomic mass is 10.1. The molecule has 0 aliphatic rings. The maximum atomic E-state index is 9.77. The van der Waals surface area contributed by atoms with Crippen LogP contribution in [0.3, 0.4) is 0 Å². The van der Waals surface area contributed by atoms with Gasteiger partial charge in [-0.25, -0.2) is 0 Å². The second-order valence-corrected chi connectivity index (χ2v) is 4.52. The maximum Gasteiger partial charge on any atom is 0.0735 e. The van der Waals surface area contributed by atoms with Crippen molar-refractivity contribution in [2.24, 2.45) is 0 Å². The third kappa shape index (κ3) is 4.77. The first-order chi connectivity index (χ1) is 7.74. The van der Waals surface area contributed by atoms with Crippen LogP contribution in [0.15, 0.2) is 49.1 Å². The van der Waals surface area contributed by atoms with E-state index in [2.05, 4.69) is 22.5 Å². The van der Waals surface area contributed by atoms with Gasteiger partial charge >= 0.3 is 0 Å². The Labute approximate surface area is 106 Å². The minimum Gasteiger partial charge on any atom is -0.389 e. The van der Waals surface area contributed by atoms with Crippen LogP contribution < -0.4 is 0 Å². The summed E-state index contributed by atoms with van der Waals surface area (Å²) in [5.41, 5.74) is 1.09. The van der Waals surface area contributed by atoms with E-state index in [-0.39, 0.29) is 0 Å². The normalized spacial score (nSPS) is 13.5. The minimum atomic E-state index is -0.394. The Hall–Kier alpha value is -0.860. The first-order valence-corrected chi connectivity index (χ1v) is 6.25. The largest absolute Gasteiger partial charge is 0.389 e. The summed E-state index contributed by atoms with van der Waals surface area (Å²) >= 11 is 3.48. The fraction of sp³-hybridized carbons (Fsp3) is 0.286. The zero-order valence-corrected chi connectivity index (χ0v) is 10.9. The molecule has 1 aromatic carbocycles. The second-order valence-electron chi connectivity index (χ2n) is 3.67. The van der Waals surface area contributed by atoms with Crippen molar-refractivity contribution in [3.05, 3.63) is 54.6 Å². The van der Waals surface area contributed by atoms with Gasteiger partial charge in [0.05, 0.1) is 6.10 Å². The molecule has 0 spiro atoms. The average Bonchev–Trinajstić information content (AvgIpc) is 2.30. The molecule has 0 amide bonds. The van der Waals surface area contributed by atoms with Crippen molar-refractivity contribution in [3.8, 4) is 0 Å². The van der Waals surface area contributed by atoms with E-state index in [1.807, 2.05) is 42.5 Å². The van der Waals surface area contributed by atoms with Crippen molar-refractivity contribution in [2.75, 3.05) is 0 Å². The topological polar surface area (TPSA) is 20.2 Å². The van der Waals surface area contributed by atoms with Crippen LogP contribution in [0.5, 0.6) is 0 Å². The Bertz CT molecular complexity index is 343. The zero-order chi connectivity index (χ0) is 11.8. The molecule has 1 atom stereocenters. The molecule has 16 heavy (non-hydrogen) atoms. The molecule has 0 aliphatic carbocycles. The van der Waals surface area contributed by atoms with E-state index >= 15 is 0 Å². The lowest BCUT2D eigenvalue weighted by Crippen LogP contribution is -2.01. The molecule has 1 aromatic rings. The van der Waals surface area contributed by atoms with Crippen LogP contribution >= 0.6 is 15.9 Å². The fourth-order valence-corrected chi connectivity index (χ4v) is 1.99. The summed E-state index contributed by atoms with van der Waals surface area (Å²) in [4.78, 5) is 0. The summed E-state index contributed by atoms with van der Waals surface area (Å²) in [6.45, 7) is 3.66. The molecular formula is C14H17BrO. The van der Waals surface area contributed by atoms with Crippen LogP contribution in [0.1, 0.15) is 24.8 Å². The molecule has 2 heteroatoms. The summed E-state index contributed by atoms with van der Waals surface area (Å²) in [7, 11) is 0. The van der Waals surface area contributed by atoms with Crippen LogP contribution in [0.4, 0.5) is 0 Å². The van der Waals surface area contributed by atoms with Gasteiger partial charge in [0.15, 0.2) is 0 Å². The highest BCUT2D eigenvalue weighted by Crippen LogP contribution is 2.22. The van der Waals surface area contributed by atoms with E-state index in [1.165, 1.54) is 0 Å². The van der Waals surface area contributed by atoms with Crippen molar-refractivity contribution in [2.45, 2.75) is 25.4 Å². The smallest absolute Gasteiger partial charge is 0.0735 e. The molecule has 0 heterocycles. The second kappa shape index (κ2) is 7.42. The monoisotopic (exact) mass is 280 g/mol. The van der Waals surface area contributed by atoms with Gasteiger partial charge in [-0.15, -0.1) is 6.58 Å². The van der Waals surface area contributed by atoms with Gasteiger partial charge in [0.2, 0.25) is 0 Å². The van der Waals surface area contributed by atoms with Gasteiger partial charge in [0.25, 0.3) is 0 Å². The quantitative estimate of drug-likeness (QED) is 0.613. The summed E-state index contributed by atoms with van der Waals surface area (Å²) in [6, 6.07) is 9.96. The third-order valence-electron chi connectivity index (χ3n) is 2.30. The summed E-state index contributed by atoms with van der Waals surface area (Å²) < 4.78 is 0.944. The van der Waals surface area contributed by atoms with E-state index < -0.39 is 6.10 Å². The Morgan fingerprint density at radius 2 is 2.06 bits per heavy atom. The van der Waals surface area contributed by atoms with E-state index in [0.29, 0.717) is 0 Å². The van der Waals surface area contributed by atoms with Crippen LogP contribution in [0.2, 0.25) is 0 Å². The number of allylic oxidation sites excluding steroid dienone is 1. The molecule has 0 saturated carbocycles. The molecular weight excluding hydrogens is 264 g/mol. The van der Waals surface area contributed by atoms with Gasteiger partial charge in [-0.05, 0) is 30.9 Å². The SMILES string of the molecule is C=CCCCC(O)/C=C(\Br)c1ccccc1. The van der Waals surface area contributed by atoms with Crippen LogP contribution in [0.25, 0.3) is 4.48 Å². The Balaban J connectivity index is 2.52. The average molecular weight is 281 g/mol. The summed E-state index contributed by atoms with van der Waals surface area (Å²) in [6.07, 6.45) is 6.02. The first-order valence-electron chi connectivity index (χ1n) is 5.45. The highest BCUT2D eigenvalue weighted by molar-refractivity contribution is 9.15. The minimum absolute atomic E-state index is 0.394. The van der Waals surface area contributed by atoms with Gasteiger partial charge in [-0.2, -0.15) is 0 Å². The summed E-state index contributed by atoms with van der Waals surface area (Å²) in [5.74, 6) is 0. The Morgan fingerprint density at radius 1 is 1.38 bits per heavy atom. The van der Waals surface area contributed by atoms with Crippen molar-refractivity contribution in [1.82, 2.24) is 0 Å². The van der Waals surface area contributed by atoms with Gasteiger partial charge < -0.3 is 5.11 Å². The van der Waals surface area contributed by atoms with Gasteiger partial charge in [0.1, 0.15) is 0 Å². The number of halogens is 1. The maximum absolute atomic E-state index is 9.77. The molecule has 1 nitrogen and oxygen atoms in total. The Morgan fingerprint density at radius 3 is 2.69 bits per heavy atom. The number of rotatable bonds is 6. The van der Waals surface area contributed by atoms with E-state index in [0.717, 1.165) is 29.3 Å². The molecule has 1 N–H and O–H groups in total. The molecule has 0 saturated heterocycles. The molecule has 86 valence electrons. The molecule has 0 fully saturated rings. The standard InChI is InChI=1S/C14H17BrO/c1-2-3-5-10-13(16)11-14(15)12-8-6-4-7-9-12/h2,4,6-9,11,13,16H,1,3,5,10H2/b14-11-. The van der Waals surface area contributed by atoms with Gasteiger partial charge in [-0.3, -0.25) is 0 Å². The van der Waals surface area contributed by atoms with Crippen molar-refractivity contribution in [1.29, 1.82) is 0 Å².